The Kier molecular flexibility index (Phi) is 6.65. The SMILES string of the molecule is Cc1cc(C(=O)CN2CCN(C(=O)COc3ccc(Cl)cc3Cl)CC2)c(C)[nH]1. The molecule has 0 atom stereocenters. The summed E-state index contributed by atoms with van der Waals surface area (Å²) in [6.07, 6.45) is 0. The van der Waals surface area contributed by atoms with Crippen molar-refractivity contribution in [3.8, 4) is 5.75 Å². The maximum Gasteiger partial charge on any atom is 0.260 e. The van der Waals surface area contributed by atoms with Gasteiger partial charge in [-0.3, -0.25) is 14.5 Å². The molecule has 2 aromatic rings. The molecule has 1 saturated heterocycles. The quantitative estimate of drug-likeness (QED) is 0.723. The minimum atomic E-state index is -0.103. The van der Waals surface area contributed by atoms with E-state index in [2.05, 4.69) is 9.88 Å². The molecule has 2 heterocycles. The molecule has 1 aliphatic rings. The molecular weight excluding hydrogens is 401 g/mol. The summed E-state index contributed by atoms with van der Waals surface area (Å²) in [5.41, 5.74) is 2.62. The Morgan fingerprint density at radius 1 is 1.11 bits per heavy atom. The van der Waals surface area contributed by atoms with Crippen molar-refractivity contribution in [1.82, 2.24) is 14.8 Å². The van der Waals surface area contributed by atoms with E-state index in [9.17, 15) is 9.59 Å². The topological polar surface area (TPSA) is 65.6 Å². The lowest BCUT2D eigenvalue weighted by Crippen LogP contribution is -2.51. The standard InChI is InChI=1S/C20H23Cl2N3O3/c1-13-9-16(14(2)23-13)18(26)11-24-5-7-25(8-6-24)20(27)12-28-19-4-3-15(21)10-17(19)22/h3-4,9-10,23H,5-8,11-12H2,1-2H3. The number of aromatic nitrogens is 1. The molecule has 1 aromatic carbocycles. The van der Waals surface area contributed by atoms with Crippen molar-refractivity contribution in [2.45, 2.75) is 13.8 Å². The number of carbonyl (C=O) groups is 2. The first kappa shape index (κ1) is 20.7. The third kappa shape index (κ3) is 5.07. The van der Waals surface area contributed by atoms with Crippen LogP contribution in [0.4, 0.5) is 0 Å². The van der Waals surface area contributed by atoms with Crippen molar-refractivity contribution in [3.63, 3.8) is 0 Å². The lowest BCUT2D eigenvalue weighted by Gasteiger charge is -2.34. The maximum absolute atomic E-state index is 12.5. The van der Waals surface area contributed by atoms with E-state index >= 15 is 0 Å². The van der Waals surface area contributed by atoms with Crippen LogP contribution in [0.5, 0.6) is 5.75 Å². The van der Waals surface area contributed by atoms with Gasteiger partial charge in [-0.05, 0) is 38.1 Å². The van der Waals surface area contributed by atoms with Crippen LogP contribution < -0.4 is 4.74 Å². The first-order chi connectivity index (χ1) is 13.3. The highest BCUT2D eigenvalue weighted by Crippen LogP contribution is 2.27. The van der Waals surface area contributed by atoms with Crippen molar-refractivity contribution in [2.24, 2.45) is 0 Å². The number of piperazine rings is 1. The van der Waals surface area contributed by atoms with Gasteiger partial charge >= 0.3 is 0 Å². The molecule has 1 fully saturated rings. The molecule has 6 nitrogen and oxygen atoms in total. The predicted molar refractivity (Wildman–Crippen MR) is 110 cm³/mol. The molecule has 1 amide bonds. The molecule has 3 rings (SSSR count). The van der Waals surface area contributed by atoms with Gasteiger partial charge in [0.25, 0.3) is 5.91 Å². The first-order valence-electron chi connectivity index (χ1n) is 9.11. The van der Waals surface area contributed by atoms with Crippen LogP contribution in [0, 0.1) is 13.8 Å². The molecule has 1 aliphatic heterocycles. The van der Waals surface area contributed by atoms with Crippen molar-refractivity contribution in [1.29, 1.82) is 0 Å². The fraction of sp³-hybridized carbons (Fsp3) is 0.400. The second-order valence-electron chi connectivity index (χ2n) is 6.93. The van der Waals surface area contributed by atoms with Crippen molar-refractivity contribution in [2.75, 3.05) is 39.3 Å². The van der Waals surface area contributed by atoms with Crippen LogP contribution in [0.25, 0.3) is 0 Å². The highest BCUT2D eigenvalue weighted by molar-refractivity contribution is 6.35. The lowest BCUT2D eigenvalue weighted by atomic mass is 10.1. The minimum Gasteiger partial charge on any atom is -0.482 e. The Hall–Kier alpha value is -2.02. The van der Waals surface area contributed by atoms with E-state index < -0.39 is 0 Å². The Morgan fingerprint density at radius 3 is 2.43 bits per heavy atom. The first-order valence-corrected chi connectivity index (χ1v) is 9.86. The maximum atomic E-state index is 12.5. The number of H-pyrrole nitrogens is 1. The van der Waals surface area contributed by atoms with Crippen LogP contribution in [0.3, 0.4) is 0 Å². The highest BCUT2D eigenvalue weighted by atomic mass is 35.5. The van der Waals surface area contributed by atoms with Crippen LogP contribution >= 0.6 is 23.2 Å². The normalized spacial score (nSPS) is 14.9. The van der Waals surface area contributed by atoms with E-state index in [4.69, 9.17) is 27.9 Å². The van der Waals surface area contributed by atoms with Crippen LogP contribution in [-0.2, 0) is 4.79 Å². The number of halogens is 2. The summed E-state index contributed by atoms with van der Waals surface area (Å²) in [4.78, 5) is 31.9. The Balaban J connectivity index is 1.46. The summed E-state index contributed by atoms with van der Waals surface area (Å²) in [6, 6.07) is 6.77. The van der Waals surface area contributed by atoms with Crippen LogP contribution in [-0.4, -0.2) is 65.8 Å². The van der Waals surface area contributed by atoms with E-state index in [0.29, 0.717) is 48.5 Å². The Bertz CT molecular complexity index is 874. The number of amides is 1. The average molecular weight is 424 g/mol. The van der Waals surface area contributed by atoms with Gasteiger partial charge in [0, 0.05) is 48.2 Å². The zero-order valence-corrected chi connectivity index (χ0v) is 17.4. The highest BCUT2D eigenvalue weighted by Gasteiger charge is 2.24. The molecule has 0 unspecified atom stereocenters. The van der Waals surface area contributed by atoms with Gasteiger partial charge in [0.05, 0.1) is 11.6 Å². The number of nitrogens with one attached hydrogen (secondary N) is 1. The van der Waals surface area contributed by atoms with E-state index in [1.807, 2.05) is 19.9 Å². The smallest absolute Gasteiger partial charge is 0.260 e. The molecule has 8 heteroatoms. The fourth-order valence-electron chi connectivity index (χ4n) is 3.28. The monoisotopic (exact) mass is 423 g/mol. The summed E-state index contributed by atoms with van der Waals surface area (Å²) < 4.78 is 5.52. The van der Waals surface area contributed by atoms with Crippen LogP contribution in [0.1, 0.15) is 21.7 Å². The molecule has 1 aromatic heterocycles. The molecule has 150 valence electrons. The third-order valence-electron chi connectivity index (χ3n) is 4.79. The Morgan fingerprint density at radius 2 is 1.82 bits per heavy atom. The average Bonchev–Trinajstić information content (AvgIpc) is 2.99. The number of benzene rings is 1. The summed E-state index contributed by atoms with van der Waals surface area (Å²) >= 11 is 11.9. The molecule has 0 saturated carbocycles. The molecule has 0 radical (unpaired) electrons. The number of hydrogen-bond donors (Lipinski definition) is 1. The zero-order valence-electron chi connectivity index (χ0n) is 15.9. The van der Waals surface area contributed by atoms with Gasteiger partial charge in [-0.2, -0.15) is 0 Å². The van der Waals surface area contributed by atoms with Gasteiger partial charge in [0.1, 0.15) is 5.75 Å². The van der Waals surface area contributed by atoms with Gasteiger partial charge in [-0.15, -0.1) is 0 Å². The molecular formula is C20H23Cl2N3O3. The minimum absolute atomic E-state index is 0.0812. The van der Waals surface area contributed by atoms with E-state index in [1.54, 1.807) is 23.1 Å². The third-order valence-corrected chi connectivity index (χ3v) is 5.32. The van der Waals surface area contributed by atoms with Crippen molar-refractivity contribution < 1.29 is 14.3 Å². The van der Waals surface area contributed by atoms with Gasteiger partial charge < -0.3 is 14.6 Å². The summed E-state index contributed by atoms with van der Waals surface area (Å²) in [5.74, 6) is 0.428. The number of carbonyl (C=O) groups excluding carboxylic acids is 2. The van der Waals surface area contributed by atoms with Gasteiger partial charge in [0.15, 0.2) is 12.4 Å². The number of ketones is 1. The van der Waals surface area contributed by atoms with Crippen molar-refractivity contribution in [3.05, 3.63) is 51.3 Å². The lowest BCUT2D eigenvalue weighted by molar-refractivity contribution is -0.135. The summed E-state index contributed by atoms with van der Waals surface area (Å²) in [6.45, 7) is 6.56. The molecule has 0 spiro atoms. The van der Waals surface area contributed by atoms with E-state index in [1.165, 1.54) is 0 Å². The second-order valence-corrected chi connectivity index (χ2v) is 7.78. The number of hydrogen-bond acceptors (Lipinski definition) is 4. The predicted octanol–water partition coefficient (Wildman–Crippen LogP) is 3.34. The summed E-state index contributed by atoms with van der Waals surface area (Å²) in [5, 5.41) is 0.887. The largest absolute Gasteiger partial charge is 0.482 e. The second kappa shape index (κ2) is 8.99. The zero-order chi connectivity index (χ0) is 20.3. The fourth-order valence-corrected chi connectivity index (χ4v) is 3.74. The molecule has 0 aliphatic carbocycles. The number of rotatable bonds is 6. The van der Waals surface area contributed by atoms with E-state index in [0.717, 1.165) is 17.0 Å². The van der Waals surface area contributed by atoms with E-state index in [-0.39, 0.29) is 18.3 Å². The number of ether oxygens (including phenoxy) is 1. The molecule has 1 N–H and O–H groups in total. The van der Waals surface area contributed by atoms with Gasteiger partial charge in [-0.1, -0.05) is 23.2 Å². The Labute approximate surface area is 174 Å². The number of Topliss-reactive ketones (excluding diaryl/α,β-unsaturated/α-hetero) is 1. The van der Waals surface area contributed by atoms with Gasteiger partial charge in [-0.25, -0.2) is 0 Å². The number of nitrogens with zero attached hydrogens (tertiary/aromatic N) is 2. The van der Waals surface area contributed by atoms with Crippen LogP contribution in [0.2, 0.25) is 10.0 Å². The number of aryl methyl sites for hydroxylation is 2. The summed E-state index contributed by atoms with van der Waals surface area (Å²) in [7, 11) is 0. The number of aromatic amines is 1. The molecule has 0 bridgehead atoms. The van der Waals surface area contributed by atoms with Crippen molar-refractivity contribution >= 4 is 34.9 Å². The van der Waals surface area contributed by atoms with Gasteiger partial charge in [0.2, 0.25) is 0 Å². The molecule has 28 heavy (non-hydrogen) atoms. The van der Waals surface area contributed by atoms with Crippen LogP contribution in [0.15, 0.2) is 24.3 Å².